The fourth-order valence-electron chi connectivity index (χ4n) is 1.34. The first-order valence-corrected chi connectivity index (χ1v) is 5.20. The molecule has 92 valence electrons. The Bertz CT molecular complexity index is 436. The van der Waals surface area contributed by atoms with Crippen molar-refractivity contribution in [3.63, 3.8) is 0 Å². The maximum Gasteiger partial charge on any atom is 0.411 e. The van der Waals surface area contributed by atoms with Gasteiger partial charge in [0.2, 0.25) is 0 Å². The SMILES string of the molecule is COC(=O)Nc1cc(N=O)cc(C(C)(C)C)c1. The lowest BCUT2D eigenvalue weighted by molar-refractivity contribution is 0.187. The number of benzene rings is 1. The van der Waals surface area contributed by atoms with Crippen molar-refractivity contribution < 1.29 is 9.53 Å². The summed E-state index contributed by atoms with van der Waals surface area (Å²) in [5, 5.41) is 5.42. The van der Waals surface area contributed by atoms with Crippen LogP contribution in [0.1, 0.15) is 26.3 Å². The molecular weight excluding hydrogens is 220 g/mol. The molecule has 0 saturated carbocycles. The molecule has 1 rings (SSSR count). The van der Waals surface area contributed by atoms with E-state index in [-0.39, 0.29) is 11.1 Å². The molecular formula is C12H16N2O3. The van der Waals surface area contributed by atoms with Crippen molar-refractivity contribution in [2.24, 2.45) is 5.18 Å². The first-order chi connectivity index (χ1) is 7.86. The van der Waals surface area contributed by atoms with E-state index < -0.39 is 6.09 Å². The molecule has 0 unspecified atom stereocenters. The van der Waals surface area contributed by atoms with Gasteiger partial charge >= 0.3 is 6.09 Å². The zero-order valence-electron chi connectivity index (χ0n) is 10.4. The highest BCUT2D eigenvalue weighted by atomic mass is 16.5. The van der Waals surface area contributed by atoms with Crippen molar-refractivity contribution in [2.75, 3.05) is 12.4 Å². The van der Waals surface area contributed by atoms with E-state index >= 15 is 0 Å². The third-order valence-electron chi connectivity index (χ3n) is 2.32. The summed E-state index contributed by atoms with van der Waals surface area (Å²) in [7, 11) is 1.28. The molecule has 0 bridgehead atoms. The highest BCUT2D eigenvalue weighted by molar-refractivity contribution is 5.85. The number of carbonyl (C=O) groups is 1. The average molecular weight is 236 g/mol. The molecule has 5 heteroatoms. The van der Waals surface area contributed by atoms with Gasteiger partial charge in [0, 0.05) is 5.69 Å². The van der Waals surface area contributed by atoms with Crippen LogP contribution >= 0.6 is 0 Å². The molecule has 0 aliphatic heterocycles. The van der Waals surface area contributed by atoms with Gasteiger partial charge in [-0.2, -0.15) is 0 Å². The Hall–Kier alpha value is -1.91. The summed E-state index contributed by atoms with van der Waals surface area (Å²) < 4.78 is 4.49. The number of nitrogens with one attached hydrogen (secondary N) is 1. The van der Waals surface area contributed by atoms with Crippen LogP contribution in [0.5, 0.6) is 0 Å². The van der Waals surface area contributed by atoms with Crippen molar-refractivity contribution in [3.05, 3.63) is 28.7 Å². The maximum absolute atomic E-state index is 11.1. The van der Waals surface area contributed by atoms with E-state index in [1.165, 1.54) is 13.2 Å². The predicted octanol–water partition coefficient (Wildman–Crippen LogP) is 3.56. The van der Waals surface area contributed by atoms with Crippen molar-refractivity contribution in [1.29, 1.82) is 0 Å². The van der Waals surface area contributed by atoms with Gasteiger partial charge in [-0.3, -0.25) is 5.32 Å². The van der Waals surface area contributed by atoms with Crippen LogP contribution in [0.3, 0.4) is 0 Å². The highest BCUT2D eigenvalue weighted by Crippen LogP contribution is 2.29. The molecule has 0 heterocycles. The van der Waals surface area contributed by atoms with Gasteiger partial charge in [0.25, 0.3) is 0 Å². The third-order valence-corrected chi connectivity index (χ3v) is 2.32. The molecule has 0 fully saturated rings. The smallest absolute Gasteiger partial charge is 0.411 e. The van der Waals surface area contributed by atoms with Crippen molar-refractivity contribution in [3.8, 4) is 0 Å². The molecule has 1 N–H and O–H groups in total. The number of anilines is 1. The molecule has 1 aromatic carbocycles. The lowest BCUT2D eigenvalue weighted by Gasteiger charge is -2.20. The van der Waals surface area contributed by atoms with Gasteiger partial charge < -0.3 is 4.74 Å². The lowest BCUT2D eigenvalue weighted by atomic mass is 9.86. The number of ether oxygens (including phenoxy) is 1. The minimum absolute atomic E-state index is 0.132. The monoisotopic (exact) mass is 236 g/mol. The van der Waals surface area contributed by atoms with Gasteiger partial charge in [-0.15, -0.1) is 4.91 Å². The first-order valence-electron chi connectivity index (χ1n) is 5.20. The van der Waals surface area contributed by atoms with E-state index in [0.717, 1.165) is 5.56 Å². The van der Waals surface area contributed by atoms with E-state index in [1.807, 2.05) is 20.8 Å². The van der Waals surface area contributed by atoms with E-state index in [0.29, 0.717) is 5.69 Å². The fourth-order valence-corrected chi connectivity index (χ4v) is 1.34. The number of methoxy groups -OCH3 is 1. The summed E-state index contributed by atoms with van der Waals surface area (Å²) in [6, 6.07) is 5.00. The summed E-state index contributed by atoms with van der Waals surface area (Å²) in [5.74, 6) is 0. The number of hydrogen-bond donors (Lipinski definition) is 1. The Morgan fingerprint density at radius 1 is 1.29 bits per heavy atom. The van der Waals surface area contributed by atoms with Crippen LogP contribution in [-0.4, -0.2) is 13.2 Å². The van der Waals surface area contributed by atoms with Crippen LogP contribution in [0, 0.1) is 4.91 Å². The normalized spacial score (nSPS) is 10.8. The zero-order chi connectivity index (χ0) is 13.1. The lowest BCUT2D eigenvalue weighted by Crippen LogP contribution is -2.14. The van der Waals surface area contributed by atoms with Crippen LogP contribution < -0.4 is 5.32 Å². The maximum atomic E-state index is 11.1. The summed E-state index contributed by atoms with van der Waals surface area (Å²) in [6.07, 6.45) is -0.576. The molecule has 1 amide bonds. The second-order valence-corrected chi connectivity index (χ2v) is 4.73. The molecule has 1 aromatic rings. The Labute approximate surface area is 100 Å². The number of nitrogens with zero attached hydrogens (tertiary/aromatic N) is 1. The third kappa shape index (κ3) is 3.55. The van der Waals surface area contributed by atoms with Gasteiger partial charge in [-0.25, -0.2) is 4.79 Å². The van der Waals surface area contributed by atoms with Crippen molar-refractivity contribution in [2.45, 2.75) is 26.2 Å². The van der Waals surface area contributed by atoms with E-state index in [9.17, 15) is 9.70 Å². The van der Waals surface area contributed by atoms with Crippen molar-refractivity contribution >= 4 is 17.5 Å². The minimum Gasteiger partial charge on any atom is -0.453 e. The Balaban J connectivity index is 3.14. The summed E-state index contributed by atoms with van der Waals surface area (Å²) in [5.41, 5.74) is 1.57. The molecule has 0 aliphatic carbocycles. The van der Waals surface area contributed by atoms with Crippen LogP contribution in [0.4, 0.5) is 16.2 Å². The van der Waals surface area contributed by atoms with E-state index in [4.69, 9.17) is 0 Å². The molecule has 0 saturated heterocycles. The van der Waals surface area contributed by atoms with Crippen LogP contribution in [0.2, 0.25) is 0 Å². The summed E-state index contributed by atoms with van der Waals surface area (Å²) in [6.45, 7) is 6.04. The molecule has 17 heavy (non-hydrogen) atoms. The quantitative estimate of drug-likeness (QED) is 0.798. The Morgan fingerprint density at radius 3 is 2.41 bits per heavy atom. The number of rotatable bonds is 2. The van der Waals surface area contributed by atoms with Crippen LogP contribution in [0.25, 0.3) is 0 Å². The van der Waals surface area contributed by atoms with Gasteiger partial charge in [0.15, 0.2) is 0 Å². The molecule has 0 radical (unpaired) electrons. The van der Waals surface area contributed by atoms with Gasteiger partial charge in [-0.05, 0) is 34.4 Å². The molecule has 0 atom stereocenters. The molecule has 0 aliphatic rings. The van der Waals surface area contributed by atoms with Gasteiger partial charge in [0.05, 0.1) is 7.11 Å². The number of carbonyl (C=O) groups excluding carboxylic acids is 1. The fraction of sp³-hybridized carbons (Fsp3) is 0.417. The standard InChI is InChI=1S/C12H16N2O3/c1-12(2,3)8-5-9(13-11(15)17-4)7-10(6-8)14-16/h5-7H,1-4H3,(H,13,15). The Morgan fingerprint density at radius 2 is 1.94 bits per heavy atom. The summed E-state index contributed by atoms with van der Waals surface area (Å²) >= 11 is 0. The first kappa shape index (κ1) is 13.2. The van der Waals surface area contributed by atoms with E-state index in [1.54, 1.807) is 12.1 Å². The van der Waals surface area contributed by atoms with Gasteiger partial charge in [0.1, 0.15) is 5.69 Å². The second kappa shape index (κ2) is 4.95. The minimum atomic E-state index is -0.576. The number of amides is 1. The molecule has 5 nitrogen and oxygen atoms in total. The number of nitroso groups, excluding NO2 is 1. The largest absolute Gasteiger partial charge is 0.453 e. The van der Waals surface area contributed by atoms with Crippen molar-refractivity contribution in [1.82, 2.24) is 0 Å². The molecule has 0 spiro atoms. The second-order valence-electron chi connectivity index (χ2n) is 4.73. The summed E-state index contributed by atoms with van der Waals surface area (Å²) in [4.78, 5) is 21.7. The van der Waals surface area contributed by atoms with Crippen LogP contribution in [-0.2, 0) is 10.2 Å². The predicted molar refractivity (Wildman–Crippen MR) is 66.6 cm³/mol. The average Bonchev–Trinajstić information content (AvgIpc) is 2.27. The zero-order valence-corrected chi connectivity index (χ0v) is 10.4. The Kier molecular flexibility index (Phi) is 3.83. The van der Waals surface area contributed by atoms with Crippen LogP contribution in [0.15, 0.2) is 23.4 Å². The topological polar surface area (TPSA) is 67.8 Å². The highest BCUT2D eigenvalue weighted by Gasteiger charge is 2.16. The van der Waals surface area contributed by atoms with E-state index in [2.05, 4.69) is 15.2 Å². The number of hydrogen-bond acceptors (Lipinski definition) is 4. The molecule has 0 aromatic heterocycles. The van der Waals surface area contributed by atoms with Gasteiger partial charge in [-0.1, -0.05) is 20.8 Å².